The highest BCUT2D eigenvalue weighted by molar-refractivity contribution is 9.11. The lowest BCUT2D eigenvalue weighted by molar-refractivity contribution is -0.116. The van der Waals surface area contributed by atoms with Gasteiger partial charge in [0.2, 0.25) is 5.91 Å². The predicted molar refractivity (Wildman–Crippen MR) is 87.7 cm³/mol. The topological polar surface area (TPSA) is 29.1 Å². The van der Waals surface area contributed by atoms with Gasteiger partial charge in [-0.05, 0) is 58.4 Å². The molecule has 0 saturated heterocycles. The highest BCUT2D eigenvalue weighted by Gasteiger charge is 2.06. The molecule has 0 unspecified atom stereocenters. The summed E-state index contributed by atoms with van der Waals surface area (Å²) in [6.45, 7) is 0. The van der Waals surface area contributed by atoms with Crippen molar-refractivity contribution in [2.45, 2.75) is 19.3 Å². The second kappa shape index (κ2) is 7.22. The number of thiophene rings is 1. The SMILES string of the molecule is O=C(CCCc1cccs1)Nc1cc(Br)ccc1Br. The van der Waals surface area contributed by atoms with Crippen molar-refractivity contribution in [2.24, 2.45) is 0 Å². The Morgan fingerprint density at radius 1 is 1.26 bits per heavy atom. The molecule has 0 bridgehead atoms. The zero-order chi connectivity index (χ0) is 13.7. The van der Waals surface area contributed by atoms with Gasteiger partial charge in [-0.15, -0.1) is 11.3 Å². The van der Waals surface area contributed by atoms with Crippen molar-refractivity contribution in [1.29, 1.82) is 0 Å². The Kier molecular flexibility index (Phi) is 5.60. The molecule has 0 fully saturated rings. The van der Waals surface area contributed by atoms with Gasteiger partial charge in [-0.2, -0.15) is 0 Å². The van der Waals surface area contributed by atoms with Crippen LogP contribution in [0.15, 0.2) is 44.7 Å². The number of hydrogen-bond acceptors (Lipinski definition) is 2. The van der Waals surface area contributed by atoms with Crippen LogP contribution in [-0.4, -0.2) is 5.91 Å². The standard InChI is InChI=1S/C14H13Br2NOS/c15-10-6-7-12(16)13(9-10)17-14(18)5-1-3-11-4-2-8-19-11/h2,4,6-9H,1,3,5H2,(H,17,18). The van der Waals surface area contributed by atoms with Gasteiger partial charge in [0.05, 0.1) is 5.69 Å². The summed E-state index contributed by atoms with van der Waals surface area (Å²) in [5.41, 5.74) is 0.801. The number of hydrogen-bond donors (Lipinski definition) is 1. The van der Waals surface area contributed by atoms with Crippen LogP contribution >= 0.6 is 43.2 Å². The van der Waals surface area contributed by atoms with Crippen molar-refractivity contribution in [3.63, 3.8) is 0 Å². The molecule has 1 N–H and O–H groups in total. The lowest BCUT2D eigenvalue weighted by Gasteiger charge is -2.07. The molecule has 1 aromatic heterocycles. The van der Waals surface area contributed by atoms with E-state index in [9.17, 15) is 4.79 Å². The van der Waals surface area contributed by atoms with E-state index in [2.05, 4.69) is 48.6 Å². The molecule has 19 heavy (non-hydrogen) atoms. The summed E-state index contributed by atoms with van der Waals surface area (Å²) < 4.78 is 1.84. The second-order valence-electron chi connectivity index (χ2n) is 4.11. The van der Waals surface area contributed by atoms with E-state index < -0.39 is 0 Å². The molecule has 2 nitrogen and oxygen atoms in total. The minimum Gasteiger partial charge on any atom is -0.325 e. The lowest BCUT2D eigenvalue weighted by Crippen LogP contribution is -2.11. The van der Waals surface area contributed by atoms with Crippen LogP contribution in [0.4, 0.5) is 5.69 Å². The summed E-state index contributed by atoms with van der Waals surface area (Å²) in [5, 5.41) is 4.98. The van der Waals surface area contributed by atoms with Gasteiger partial charge >= 0.3 is 0 Å². The van der Waals surface area contributed by atoms with E-state index in [4.69, 9.17) is 0 Å². The normalized spacial score (nSPS) is 10.4. The van der Waals surface area contributed by atoms with E-state index in [1.165, 1.54) is 4.88 Å². The largest absolute Gasteiger partial charge is 0.325 e. The Morgan fingerprint density at radius 3 is 2.84 bits per heavy atom. The quantitative estimate of drug-likeness (QED) is 0.728. The average molecular weight is 403 g/mol. The van der Waals surface area contributed by atoms with Crippen LogP contribution in [0.5, 0.6) is 0 Å². The first-order valence-corrected chi connectivity index (χ1v) is 8.39. The third-order valence-corrected chi connectivity index (χ3v) is 4.73. The maximum Gasteiger partial charge on any atom is 0.224 e. The van der Waals surface area contributed by atoms with Crippen LogP contribution in [0, 0.1) is 0 Å². The molecule has 100 valence electrons. The highest BCUT2D eigenvalue weighted by atomic mass is 79.9. The number of nitrogens with one attached hydrogen (secondary N) is 1. The second-order valence-corrected chi connectivity index (χ2v) is 6.91. The molecule has 0 aliphatic rings. The number of halogens is 2. The number of benzene rings is 1. The van der Waals surface area contributed by atoms with Crippen LogP contribution in [0.1, 0.15) is 17.7 Å². The molecule has 0 radical (unpaired) electrons. The molecule has 1 aromatic carbocycles. The maximum absolute atomic E-state index is 11.9. The molecule has 1 heterocycles. The minimum atomic E-state index is 0.0513. The fourth-order valence-electron chi connectivity index (χ4n) is 1.68. The van der Waals surface area contributed by atoms with E-state index >= 15 is 0 Å². The first kappa shape index (κ1) is 14.8. The third-order valence-electron chi connectivity index (χ3n) is 2.61. The summed E-state index contributed by atoms with van der Waals surface area (Å²) in [6.07, 6.45) is 2.37. The number of carbonyl (C=O) groups excluding carboxylic acids is 1. The maximum atomic E-state index is 11.9. The Bertz CT molecular complexity index is 555. The Balaban J connectivity index is 1.82. The summed E-state index contributed by atoms with van der Waals surface area (Å²) in [6, 6.07) is 9.87. The third kappa shape index (κ3) is 4.75. The zero-order valence-corrected chi connectivity index (χ0v) is 14.1. The molecular weight excluding hydrogens is 390 g/mol. The first-order valence-electron chi connectivity index (χ1n) is 5.92. The van der Waals surface area contributed by atoms with Crippen LogP contribution in [-0.2, 0) is 11.2 Å². The molecule has 0 aliphatic carbocycles. The number of rotatable bonds is 5. The molecule has 2 rings (SSSR count). The van der Waals surface area contributed by atoms with Gasteiger partial charge in [0, 0.05) is 20.2 Å². The van der Waals surface area contributed by atoms with Crippen LogP contribution in [0.2, 0.25) is 0 Å². The minimum absolute atomic E-state index is 0.0513. The summed E-state index contributed by atoms with van der Waals surface area (Å²) in [5.74, 6) is 0.0513. The van der Waals surface area contributed by atoms with Crippen LogP contribution in [0.3, 0.4) is 0 Å². The van der Waals surface area contributed by atoms with Crippen molar-refractivity contribution >= 4 is 54.8 Å². The molecule has 2 aromatic rings. The van der Waals surface area contributed by atoms with E-state index in [-0.39, 0.29) is 5.91 Å². The van der Waals surface area contributed by atoms with Gasteiger partial charge in [-0.1, -0.05) is 22.0 Å². The first-order chi connectivity index (χ1) is 9.15. The van der Waals surface area contributed by atoms with Crippen molar-refractivity contribution in [3.05, 3.63) is 49.5 Å². The monoisotopic (exact) mass is 401 g/mol. The average Bonchev–Trinajstić information content (AvgIpc) is 2.87. The van der Waals surface area contributed by atoms with Gasteiger partial charge in [0.15, 0.2) is 0 Å². The Hall–Kier alpha value is -0.650. The van der Waals surface area contributed by atoms with Crippen molar-refractivity contribution in [2.75, 3.05) is 5.32 Å². The number of amides is 1. The summed E-state index contributed by atoms with van der Waals surface area (Å²) in [7, 11) is 0. The van der Waals surface area contributed by atoms with Crippen LogP contribution < -0.4 is 5.32 Å². The van der Waals surface area contributed by atoms with Gasteiger partial charge in [0.25, 0.3) is 0 Å². The smallest absolute Gasteiger partial charge is 0.224 e. The van der Waals surface area contributed by atoms with E-state index in [0.29, 0.717) is 6.42 Å². The zero-order valence-electron chi connectivity index (χ0n) is 10.2. The molecule has 0 atom stereocenters. The van der Waals surface area contributed by atoms with Gasteiger partial charge in [0.1, 0.15) is 0 Å². The Morgan fingerprint density at radius 2 is 2.11 bits per heavy atom. The van der Waals surface area contributed by atoms with E-state index in [0.717, 1.165) is 27.5 Å². The van der Waals surface area contributed by atoms with Crippen molar-refractivity contribution in [1.82, 2.24) is 0 Å². The fourth-order valence-corrected chi connectivity index (χ4v) is 3.14. The van der Waals surface area contributed by atoms with Crippen molar-refractivity contribution < 1.29 is 4.79 Å². The lowest BCUT2D eigenvalue weighted by atomic mass is 10.2. The molecule has 1 amide bonds. The highest BCUT2D eigenvalue weighted by Crippen LogP contribution is 2.26. The molecule has 0 aliphatic heterocycles. The summed E-state index contributed by atoms with van der Waals surface area (Å²) in [4.78, 5) is 13.2. The number of carbonyl (C=O) groups is 1. The van der Waals surface area contributed by atoms with E-state index in [1.807, 2.05) is 24.3 Å². The van der Waals surface area contributed by atoms with E-state index in [1.54, 1.807) is 11.3 Å². The molecule has 0 spiro atoms. The van der Waals surface area contributed by atoms with Gasteiger partial charge < -0.3 is 5.32 Å². The number of aryl methyl sites for hydroxylation is 1. The molecule has 0 saturated carbocycles. The molecule has 5 heteroatoms. The van der Waals surface area contributed by atoms with Crippen LogP contribution in [0.25, 0.3) is 0 Å². The van der Waals surface area contributed by atoms with Gasteiger partial charge in [-0.3, -0.25) is 4.79 Å². The number of anilines is 1. The fraction of sp³-hybridized carbons (Fsp3) is 0.214. The van der Waals surface area contributed by atoms with Crippen molar-refractivity contribution in [3.8, 4) is 0 Å². The van der Waals surface area contributed by atoms with Gasteiger partial charge in [-0.25, -0.2) is 0 Å². The Labute approximate surface area is 133 Å². The summed E-state index contributed by atoms with van der Waals surface area (Å²) >= 11 is 8.56. The predicted octanol–water partition coefficient (Wildman–Crippen LogP) is 5.23. The molecular formula is C14H13Br2NOS.